The van der Waals surface area contributed by atoms with Gasteiger partial charge in [0.25, 0.3) is 5.56 Å². The number of rotatable bonds is 3. The van der Waals surface area contributed by atoms with Crippen molar-refractivity contribution in [2.24, 2.45) is 5.92 Å². The van der Waals surface area contributed by atoms with Gasteiger partial charge < -0.3 is 19.8 Å². The Morgan fingerprint density at radius 2 is 2.00 bits per heavy atom. The van der Waals surface area contributed by atoms with Crippen LogP contribution in [0.4, 0.5) is 5.82 Å². The van der Waals surface area contributed by atoms with Crippen molar-refractivity contribution in [3.8, 4) is 11.5 Å². The number of nitrogens with zero attached hydrogens (tertiary/aromatic N) is 1. The SMILES string of the molecule is CC(C)Sc1nc2c(c(=O)[nH]1)[C@@H](c1ccc3c(c1)OCO3)[C@@H]1C(=O)CCC=C1N2. The summed E-state index contributed by atoms with van der Waals surface area (Å²) in [7, 11) is 0. The van der Waals surface area contributed by atoms with Gasteiger partial charge in [0.1, 0.15) is 11.6 Å². The molecule has 5 rings (SSSR count). The van der Waals surface area contributed by atoms with Gasteiger partial charge in [0, 0.05) is 23.3 Å². The Morgan fingerprint density at radius 1 is 1.17 bits per heavy atom. The number of Topliss-reactive ketones (excluding diaryl/α,β-unsaturated/α-hetero) is 1. The first-order valence-electron chi connectivity index (χ1n) is 9.71. The number of H-pyrrole nitrogens is 1. The summed E-state index contributed by atoms with van der Waals surface area (Å²) < 4.78 is 11.0. The summed E-state index contributed by atoms with van der Waals surface area (Å²) in [5, 5.41) is 4.13. The average Bonchev–Trinajstić information content (AvgIpc) is 3.14. The molecule has 150 valence electrons. The van der Waals surface area contributed by atoms with Crippen LogP contribution < -0.4 is 20.3 Å². The lowest BCUT2D eigenvalue weighted by atomic mass is 9.72. The molecule has 3 aliphatic rings. The van der Waals surface area contributed by atoms with Crippen molar-refractivity contribution in [3.05, 3.63) is 51.5 Å². The lowest BCUT2D eigenvalue weighted by Crippen LogP contribution is -2.38. The Bertz CT molecular complexity index is 1090. The van der Waals surface area contributed by atoms with Crippen LogP contribution in [-0.4, -0.2) is 27.8 Å². The van der Waals surface area contributed by atoms with E-state index in [1.807, 2.05) is 38.1 Å². The summed E-state index contributed by atoms with van der Waals surface area (Å²) in [6.07, 6.45) is 3.21. The Balaban J connectivity index is 1.69. The fourth-order valence-electron chi connectivity index (χ4n) is 4.21. The minimum atomic E-state index is -0.428. The monoisotopic (exact) mass is 411 g/mol. The molecule has 0 amide bonds. The summed E-state index contributed by atoms with van der Waals surface area (Å²) in [6, 6.07) is 5.61. The molecular formula is C21H21N3O4S. The lowest BCUT2D eigenvalue weighted by molar-refractivity contribution is -0.122. The van der Waals surface area contributed by atoms with Gasteiger partial charge in [0.2, 0.25) is 6.79 Å². The number of hydrogen-bond donors (Lipinski definition) is 2. The van der Waals surface area contributed by atoms with Crippen LogP contribution in [0.15, 0.2) is 39.9 Å². The highest BCUT2D eigenvalue weighted by Crippen LogP contribution is 2.46. The number of aromatic nitrogens is 2. The predicted octanol–water partition coefficient (Wildman–Crippen LogP) is 3.42. The average molecular weight is 411 g/mol. The molecule has 0 bridgehead atoms. The molecule has 0 radical (unpaired) electrons. The van der Waals surface area contributed by atoms with Crippen molar-refractivity contribution in [1.82, 2.24) is 9.97 Å². The zero-order chi connectivity index (χ0) is 20.1. The van der Waals surface area contributed by atoms with Gasteiger partial charge in [0.15, 0.2) is 16.7 Å². The maximum absolute atomic E-state index is 13.1. The fraction of sp³-hybridized carbons (Fsp3) is 0.381. The molecule has 2 N–H and O–H groups in total. The number of anilines is 1. The van der Waals surface area contributed by atoms with Crippen molar-refractivity contribution < 1.29 is 14.3 Å². The van der Waals surface area contributed by atoms with Gasteiger partial charge in [-0.05, 0) is 24.1 Å². The molecule has 0 saturated carbocycles. The number of allylic oxidation sites excluding steroid dienone is 2. The molecule has 8 heteroatoms. The summed E-state index contributed by atoms with van der Waals surface area (Å²) in [5.41, 5.74) is 1.95. The first-order valence-corrected chi connectivity index (χ1v) is 10.6. The van der Waals surface area contributed by atoms with Gasteiger partial charge in [-0.1, -0.05) is 37.8 Å². The summed E-state index contributed by atoms with van der Waals surface area (Å²) in [4.78, 5) is 33.6. The second kappa shape index (κ2) is 6.95. The largest absolute Gasteiger partial charge is 0.454 e. The Hall–Kier alpha value is -2.74. The number of nitrogens with one attached hydrogen (secondary N) is 2. The van der Waals surface area contributed by atoms with Crippen LogP contribution in [0.25, 0.3) is 0 Å². The maximum atomic E-state index is 13.1. The number of fused-ring (bicyclic) bond motifs is 3. The molecular weight excluding hydrogens is 390 g/mol. The Kier molecular flexibility index (Phi) is 4.38. The van der Waals surface area contributed by atoms with E-state index in [0.717, 1.165) is 11.3 Å². The van der Waals surface area contributed by atoms with E-state index in [4.69, 9.17) is 9.47 Å². The Morgan fingerprint density at radius 3 is 2.83 bits per heavy atom. The molecule has 2 aliphatic heterocycles. The quantitative estimate of drug-likeness (QED) is 0.590. The first kappa shape index (κ1) is 18.3. The van der Waals surface area contributed by atoms with E-state index in [1.165, 1.54) is 11.8 Å². The van der Waals surface area contributed by atoms with Crippen molar-refractivity contribution in [3.63, 3.8) is 0 Å². The molecule has 0 unspecified atom stereocenters. The van der Waals surface area contributed by atoms with Crippen LogP contribution in [0.5, 0.6) is 11.5 Å². The molecule has 1 aliphatic carbocycles. The zero-order valence-electron chi connectivity index (χ0n) is 16.2. The van der Waals surface area contributed by atoms with Crippen LogP contribution >= 0.6 is 11.8 Å². The van der Waals surface area contributed by atoms with Gasteiger partial charge in [-0.3, -0.25) is 9.59 Å². The summed E-state index contributed by atoms with van der Waals surface area (Å²) >= 11 is 1.50. The molecule has 0 fully saturated rings. The van der Waals surface area contributed by atoms with Crippen LogP contribution in [0, 0.1) is 5.92 Å². The van der Waals surface area contributed by atoms with Crippen LogP contribution in [0.3, 0.4) is 0 Å². The minimum absolute atomic E-state index is 0.128. The van der Waals surface area contributed by atoms with E-state index >= 15 is 0 Å². The van der Waals surface area contributed by atoms with Gasteiger partial charge in [-0.25, -0.2) is 4.98 Å². The van der Waals surface area contributed by atoms with Crippen molar-refractivity contribution in [1.29, 1.82) is 0 Å². The summed E-state index contributed by atoms with van der Waals surface area (Å²) in [6.45, 7) is 4.27. The van der Waals surface area contributed by atoms with E-state index in [1.54, 1.807) is 0 Å². The minimum Gasteiger partial charge on any atom is -0.454 e. The number of carbonyl (C=O) groups is 1. The molecule has 0 spiro atoms. The molecule has 1 aromatic heterocycles. The highest BCUT2D eigenvalue weighted by molar-refractivity contribution is 7.99. The van der Waals surface area contributed by atoms with Crippen LogP contribution in [0.2, 0.25) is 0 Å². The molecule has 3 heterocycles. The van der Waals surface area contributed by atoms with Gasteiger partial charge in [-0.15, -0.1) is 0 Å². The molecule has 29 heavy (non-hydrogen) atoms. The normalized spacial score (nSPS) is 22.0. The zero-order valence-corrected chi connectivity index (χ0v) is 17.0. The number of benzene rings is 1. The smallest absolute Gasteiger partial charge is 0.257 e. The second-order valence-electron chi connectivity index (χ2n) is 7.66. The second-order valence-corrected chi connectivity index (χ2v) is 9.22. The van der Waals surface area contributed by atoms with E-state index in [0.29, 0.717) is 40.9 Å². The third-order valence-electron chi connectivity index (χ3n) is 5.38. The van der Waals surface area contributed by atoms with Crippen molar-refractivity contribution in [2.75, 3.05) is 12.1 Å². The van der Waals surface area contributed by atoms with Gasteiger partial charge in [0.05, 0.1) is 11.5 Å². The van der Waals surface area contributed by atoms with E-state index in [-0.39, 0.29) is 23.4 Å². The number of carbonyl (C=O) groups excluding carboxylic acids is 1. The molecule has 7 nitrogen and oxygen atoms in total. The number of ketones is 1. The molecule has 2 aromatic rings. The molecule has 2 atom stereocenters. The predicted molar refractivity (Wildman–Crippen MR) is 110 cm³/mol. The highest BCUT2D eigenvalue weighted by Gasteiger charge is 2.42. The lowest BCUT2D eigenvalue weighted by Gasteiger charge is -2.36. The van der Waals surface area contributed by atoms with Crippen molar-refractivity contribution in [2.45, 2.75) is 43.0 Å². The topological polar surface area (TPSA) is 93.3 Å². The van der Waals surface area contributed by atoms with Crippen molar-refractivity contribution >= 4 is 23.4 Å². The number of ether oxygens (including phenoxy) is 2. The van der Waals surface area contributed by atoms with Crippen LogP contribution in [-0.2, 0) is 4.79 Å². The standard InChI is InChI=1S/C21H21N3O4S/c1-10(2)29-21-23-19-18(20(26)24-21)16(17-12(22-19)4-3-5-13(17)25)11-6-7-14-15(8-11)28-9-27-14/h4,6-8,10,16-17H,3,5,9H2,1-2H3,(H2,22,23,24,26)/t16-,17-/m0/s1. The fourth-order valence-corrected chi connectivity index (χ4v) is 4.96. The van der Waals surface area contributed by atoms with E-state index in [2.05, 4.69) is 15.3 Å². The van der Waals surface area contributed by atoms with Crippen LogP contribution in [0.1, 0.15) is 43.7 Å². The third kappa shape index (κ3) is 3.11. The third-order valence-corrected chi connectivity index (χ3v) is 6.27. The maximum Gasteiger partial charge on any atom is 0.257 e. The van der Waals surface area contributed by atoms with Gasteiger partial charge >= 0.3 is 0 Å². The number of hydrogen-bond acceptors (Lipinski definition) is 7. The molecule has 0 saturated heterocycles. The summed E-state index contributed by atoms with van der Waals surface area (Å²) in [5.74, 6) is 1.11. The number of thioether (sulfide) groups is 1. The van der Waals surface area contributed by atoms with E-state index < -0.39 is 11.8 Å². The molecule has 1 aromatic carbocycles. The highest BCUT2D eigenvalue weighted by atomic mass is 32.2. The Labute approximate surface area is 171 Å². The number of aromatic amines is 1. The van der Waals surface area contributed by atoms with Gasteiger partial charge in [-0.2, -0.15) is 0 Å². The van der Waals surface area contributed by atoms with E-state index in [9.17, 15) is 9.59 Å². The first-order chi connectivity index (χ1) is 14.0.